The first kappa shape index (κ1) is 19.9. The molecule has 0 saturated heterocycles. The number of halogens is 3. The van der Waals surface area contributed by atoms with Gasteiger partial charge in [0.15, 0.2) is 9.84 Å². The predicted molar refractivity (Wildman–Crippen MR) is 99.0 cm³/mol. The Morgan fingerprint density at radius 1 is 1.14 bits per heavy atom. The Labute approximate surface area is 160 Å². The van der Waals surface area contributed by atoms with Crippen molar-refractivity contribution in [3.63, 3.8) is 0 Å². The van der Waals surface area contributed by atoms with Crippen molar-refractivity contribution in [2.75, 3.05) is 11.6 Å². The largest absolute Gasteiger partial charge is 0.417 e. The second-order valence-electron chi connectivity index (χ2n) is 6.42. The number of alkyl halides is 3. The number of anilines is 2. The summed E-state index contributed by atoms with van der Waals surface area (Å²) < 4.78 is 64.1. The molecule has 0 aliphatic carbocycles. The van der Waals surface area contributed by atoms with Crippen LogP contribution in [-0.2, 0) is 23.1 Å². The average molecular weight is 410 g/mol. The first-order valence-electron chi connectivity index (χ1n) is 8.08. The van der Waals surface area contributed by atoms with Crippen LogP contribution in [0.25, 0.3) is 11.3 Å². The number of nitrogens with one attached hydrogen (secondary N) is 1. The number of hydrogen-bond acceptors (Lipinski definition) is 5. The Bertz CT molecular complexity index is 1140. The fraction of sp³-hybridized carbons (Fsp3) is 0.222. The molecule has 1 aromatic carbocycles. The van der Waals surface area contributed by atoms with Crippen LogP contribution >= 0.6 is 0 Å². The summed E-state index contributed by atoms with van der Waals surface area (Å²) in [6, 6.07) is 5.43. The highest BCUT2D eigenvalue weighted by atomic mass is 32.2. The Morgan fingerprint density at radius 3 is 2.39 bits per heavy atom. The lowest BCUT2D eigenvalue weighted by Gasteiger charge is -2.15. The second-order valence-corrected chi connectivity index (χ2v) is 8.43. The van der Waals surface area contributed by atoms with E-state index in [9.17, 15) is 21.6 Å². The van der Waals surface area contributed by atoms with Gasteiger partial charge in [0, 0.05) is 36.9 Å². The summed E-state index contributed by atoms with van der Waals surface area (Å²) in [7, 11) is -1.68. The van der Waals surface area contributed by atoms with Crippen LogP contribution in [0.4, 0.5) is 24.7 Å². The molecule has 0 bridgehead atoms. The zero-order valence-corrected chi connectivity index (χ0v) is 16.1. The van der Waals surface area contributed by atoms with Gasteiger partial charge in [0.05, 0.1) is 22.5 Å². The van der Waals surface area contributed by atoms with Crippen LogP contribution in [-0.4, -0.2) is 29.2 Å². The third-order valence-corrected chi connectivity index (χ3v) is 5.17. The molecule has 0 unspecified atom stereocenters. The third-order valence-electron chi connectivity index (χ3n) is 4.06. The molecule has 0 spiro atoms. The zero-order valence-electron chi connectivity index (χ0n) is 15.2. The Kier molecular flexibility index (Phi) is 4.92. The fourth-order valence-electron chi connectivity index (χ4n) is 2.62. The van der Waals surface area contributed by atoms with Gasteiger partial charge in [-0.25, -0.2) is 18.4 Å². The van der Waals surface area contributed by atoms with Crippen LogP contribution in [0, 0.1) is 6.92 Å². The van der Waals surface area contributed by atoms with Gasteiger partial charge in [-0.05, 0) is 36.8 Å². The topological polar surface area (TPSA) is 76.9 Å². The number of rotatable bonds is 4. The molecule has 0 radical (unpaired) electrons. The Hall–Kier alpha value is -2.88. The predicted octanol–water partition coefficient (Wildman–Crippen LogP) is 3.96. The summed E-state index contributed by atoms with van der Waals surface area (Å²) in [5.74, 6) is 0.234. The highest BCUT2D eigenvalue weighted by molar-refractivity contribution is 7.90. The van der Waals surface area contributed by atoms with E-state index in [0.717, 1.165) is 18.5 Å². The van der Waals surface area contributed by atoms with Gasteiger partial charge in [0.2, 0.25) is 0 Å². The number of pyridine rings is 1. The van der Waals surface area contributed by atoms with E-state index < -0.39 is 21.6 Å². The number of benzene rings is 1. The molecular weight excluding hydrogens is 393 g/mol. The number of hydrogen-bond donors (Lipinski definition) is 1. The summed E-state index contributed by atoms with van der Waals surface area (Å²) in [5.41, 5.74) is 0.938. The Balaban J connectivity index is 2.07. The minimum absolute atomic E-state index is 0.107. The van der Waals surface area contributed by atoms with Gasteiger partial charge in [-0.2, -0.15) is 13.2 Å². The molecule has 28 heavy (non-hydrogen) atoms. The number of aryl methyl sites for hydroxylation is 2. The zero-order chi connectivity index (χ0) is 20.7. The van der Waals surface area contributed by atoms with Crippen LogP contribution in [0.3, 0.4) is 0 Å². The van der Waals surface area contributed by atoms with E-state index in [4.69, 9.17) is 0 Å². The molecule has 0 amide bonds. The van der Waals surface area contributed by atoms with Crippen molar-refractivity contribution in [1.29, 1.82) is 0 Å². The normalized spacial score (nSPS) is 12.2. The Morgan fingerprint density at radius 2 is 1.86 bits per heavy atom. The molecule has 2 aromatic heterocycles. The SMILES string of the molecule is Cc1cc(C(F)(F)F)cnc1Nc1ccc(S(C)(=O)=O)cc1-c1cn(C)cn1. The lowest BCUT2D eigenvalue weighted by Crippen LogP contribution is -2.08. The van der Waals surface area contributed by atoms with Crippen molar-refractivity contribution in [2.45, 2.75) is 18.0 Å². The van der Waals surface area contributed by atoms with E-state index in [1.807, 2.05) is 0 Å². The van der Waals surface area contributed by atoms with Crippen molar-refractivity contribution in [3.8, 4) is 11.3 Å². The maximum Gasteiger partial charge on any atom is 0.417 e. The molecule has 3 aromatic rings. The second kappa shape index (κ2) is 6.93. The average Bonchev–Trinajstić information content (AvgIpc) is 3.01. The fourth-order valence-corrected chi connectivity index (χ4v) is 3.26. The number of nitrogens with zero attached hydrogens (tertiary/aromatic N) is 3. The highest BCUT2D eigenvalue weighted by Gasteiger charge is 2.31. The molecule has 6 nitrogen and oxygen atoms in total. The third kappa shape index (κ3) is 4.16. The van der Waals surface area contributed by atoms with Crippen molar-refractivity contribution in [2.24, 2.45) is 7.05 Å². The van der Waals surface area contributed by atoms with Crippen LogP contribution in [0.5, 0.6) is 0 Å². The molecule has 0 saturated carbocycles. The lowest BCUT2D eigenvalue weighted by molar-refractivity contribution is -0.137. The molecule has 0 atom stereocenters. The van der Waals surface area contributed by atoms with Gasteiger partial charge < -0.3 is 9.88 Å². The first-order valence-corrected chi connectivity index (χ1v) is 9.97. The number of sulfone groups is 1. The van der Waals surface area contributed by atoms with Crippen LogP contribution in [0.1, 0.15) is 11.1 Å². The minimum Gasteiger partial charge on any atom is -0.340 e. The molecule has 10 heteroatoms. The van der Waals surface area contributed by atoms with E-state index in [1.165, 1.54) is 19.1 Å². The van der Waals surface area contributed by atoms with Gasteiger partial charge in [0.1, 0.15) is 5.82 Å². The first-order chi connectivity index (χ1) is 12.9. The lowest BCUT2D eigenvalue weighted by atomic mass is 10.1. The summed E-state index contributed by atoms with van der Waals surface area (Å²) in [5, 5.41) is 2.98. The monoisotopic (exact) mass is 410 g/mol. The van der Waals surface area contributed by atoms with Gasteiger partial charge in [-0.1, -0.05) is 0 Å². The molecule has 1 N–H and O–H groups in total. The summed E-state index contributed by atoms with van der Waals surface area (Å²) in [6.45, 7) is 1.51. The smallest absolute Gasteiger partial charge is 0.340 e. The number of imidazole rings is 1. The van der Waals surface area contributed by atoms with Gasteiger partial charge in [-0.3, -0.25) is 0 Å². The van der Waals surface area contributed by atoms with Gasteiger partial charge in [0.25, 0.3) is 0 Å². The van der Waals surface area contributed by atoms with E-state index in [0.29, 0.717) is 22.5 Å². The van der Waals surface area contributed by atoms with E-state index in [1.54, 1.807) is 30.2 Å². The summed E-state index contributed by atoms with van der Waals surface area (Å²) in [4.78, 5) is 8.22. The standard InChI is InChI=1S/C18H17F3N4O2S/c1-11-6-12(18(19,20)21)8-22-17(11)24-15-5-4-13(28(3,26)27)7-14(15)16-9-25(2)10-23-16/h4-10H,1-3H3,(H,22,24). The van der Waals surface area contributed by atoms with Crippen molar-refractivity contribution < 1.29 is 21.6 Å². The van der Waals surface area contributed by atoms with E-state index >= 15 is 0 Å². The number of aromatic nitrogens is 3. The van der Waals surface area contributed by atoms with Gasteiger partial charge >= 0.3 is 6.18 Å². The van der Waals surface area contributed by atoms with Crippen LogP contribution in [0.2, 0.25) is 0 Å². The van der Waals surface area contributed by atoms with E-state index in [-0.39, 0.29) is 10.7 Å². The maximum absolute atomic E-state index is 12.8. The summed E-state index contributed by atoms with van der Waals surface area (Å²) in [6.07, 6.45) is 0.639. The maximum atomic E-state index is 12.8. The summed E-state index contributed by atoms with van der Waals surface area (Å²) >= 11 is 0. The van der Waals surface area contributed by atoms with E-state index in [2.05, 4.69) is 15.3 Å². The van der Waals surface area contributed by atoms with Crippen molar-refractivity contribution in [3.05, 3.63) is 54.1 Å². The molecular formula is C18H17F3N4O2S. The molecule has 148 valence electrons. The quantitative estimate of drug-likeness (QED) is 0.705. The van der Waals surface area contributed by atoms with Crippen LogP contribution < -0.4 is 5.32 Å². The minimum atomic E-state index is -4.48. The molecule has 0 aliphatic rings. The molecule has 0 fully saturated rings. The van der Waals surface area contributed by atoms with Crippen molar-refractivity contribution >= 4 is 21.3 Å². The van der Waals surface area contributed by atoms with Gasteiger partial charge in [-0.15, -0.1) is 0 Å². The van der Waals surface area contributed by atoms with Crippen LogP contribution in [0.15, 0.2) is 47.9 Å². The molecule has 3 rings (SSSR count). The van der Waals surface area contributed by atoms with Crippen molar-refractivity contribution in [1.82, 2.24) is 14.5 Å². The molecule has 2 heterocycles. The molecule has 0 aliphatic heterocycles. The highest BCUT2D eigenvalue weighted by Crippen LogP contribution is 2.34.